The molecule has 0 N–H and O–H groups in total. The fourth-order valence-electron chi connectivity index (χ4n) is 4.69. The second kappa shape index (κ2) is 7.76. The van der Waals surface area contributed by atoms with Crippen molar-refractivity contribution < 1.29 is 18.0 Å². The largest absolute Gasteiger partial charge is 0.449 e. The highest BCUT2D eigenvalue weighted by Crippen LogP contribution is 2.33. The monoisotopic (exact) mass is 393 g/mol. The summed E-state index contributed by atoms with van der Waals surface area (Å²) in [6, 6.07) is 6.75. The minimum atomic E-state index is -4.48. The van der Waals surface area contributed by atoms with Gasteiger partial charge in [-0.1, -0.05) is 25.0 Å². The number of benzene rings is 1. The first kappa shape index (κ1) is 19.3. The molecule has 0 atom stereocenters. The zero-order valence-electron chi connectivity index (χ0n) is 15.9. The van der Waals surface area contributed by atoms with Gasteiger partial charge < -0.3 is 9.47 Å². The Balaban J connectivity index is 1.41. The number of carbonyl (C=O) groups excluding carboxylic acids is 1. The van der Waals surface area contributed by atoms with Gasteiger partial charge in [0.15, 0.2) is 0 Å². The molecule has 2 heterocycles. The van der Waals surface area contributed by atoms with Gasteiger partial charge in [-0.3, -0.25) is 4.79 Å². The molecular formula is C21H26F3N3O. The molecule has 0 unspecified atom stereocenters. The Labute approximate surface area is 162 Å². The number of nitrogens with zero attached hydrogens (tertiary/aromatic N) is 3. The van der Waals surface area contributed by atoms with Crippen LogP contribution in [0.15, 0.2) is 24.3 Å². The quantitative estimate of drug-likeness (QED) is 0.743. The van der Waals surface area contributed by atoms with Crippen LogP contribution in [0.3, 0.4) is 0 Å². The van der Waals surface area contributed by atoms with Crippen LogP contribution in [0, 0.1) is 11.8 Å². The molecule has 2 aliphatic rings. The lowest BCUT2D eigenvalue weighted by Gasteiger charge is -2.33. The molecule has 0 spiro atoms. The highest BCUT2D eigenvalue weighted by atomic mass is 19.4. The van der Waals surface area contributed by atoms with E-state index in [4.69, 9.17) is 0 Å². The number of hydrogen-bond donors (Lipinski definition) is 0. The first-order valence-corrected chi connectivity index (χ1v) is 10.2. The van der Waals surface area contributed by atoms with E-state index in [-0.39, 0.29) is 11.8 Å². The van der Waals surface area contributed by atoms with E-state index in [0.29, 0.717) is 43.0 Å². The van der Waals surface area contributed by atoms with Crippen LogP contribution in [0.25, 0.3) is 11.0 Å². The van der Waals surface area contributed by atoms with Crippen molar-refractivity contribution in [3.8, 4) is 0 Å². The van der Waals surface area contributed by atoms with E-state index in [1.807, 2.05) is 4.90 Å². The van der Waals surface area contributed by atoms with E-state index < -0.39 is 12.0 Å². The number of imidazole rings is 1. The highest BCUT2D eigenvalue weighted by molar-refractivity contribution is 5.77. The summed E-state index contributed by atoms with van der Waals surface area (Å²) in [4.78, 5) is 18.2. The molecule has 1 saturated carbocycles. The summed E-state index contributed by atoms with van der Waals surface area (Å²) in [6.07, 6.45) is 2.37. The second-order valence-corrected chi connectivity index (χ2v) is 8.21. The van der Waals surface area contributed by atoms with Crippen LogP contribution in [0.2, 0.25) is 0 Å². The van der Waals surface area contributed by atoms with Crippen LogP contribution in [0.1, 0.15) is 50.8 Å². The van der Waals surface area contributed by atoms with Gasteiger partial charge in [-0.25, -0.2) is 4.98 Å². The molecule has 4 rings (SSSR count). The van der Waals surface area contributed by atoms with Crippen molar-refractivity contribution in [1.29, 1.82) is 0 Å². The average molecular weight is 393 g/mol. The molecule has 0 radical (unpaired) electrons. The first-order valence-electron chi connectivity index (χ1n) is 10.2. The summed E-state index contributed by atoms with van der Waals surface area (Å²) < 4.78 is 41.7. The van der Waals surface area contributed by atoms with Crippen molar-refractivity contribution in [2.24, 2.45) is 11.8 Å². The first-order chi connectivity index (χ1) is 13.4. The molecule has 0 bridgehead atoms. The molecule has 1 aliphatic heterocycles. The summed E-state index contributed by atoms with van der Waals surface area (Å²) in [5, 5.41) is 0. The minimum absolute atomic E-state index is 0.120. The Kier molecular flexibility index (Phi) is 5.34. The average Bonchev–Trinajstić information content (AvgIpc) is 3.30. The number of alkyl halides is 3. The molecule has 28 heavy (non-hydrogen) atoms. The predicted octanol–water partition coefficient (Wildman–Crippen LogP) is 4.87. The van der Waals surface area contributed by atoms with Gasteiger partial charge in [-0.2, -0.15) is 13.2 Å². The summed E-state index contributed by atoms with van der Waals surface area (Å²) in [5.41, 5.74) is 0.897. The number of halogens is 3. The van der Waals surface area contributed by atoms with E-state index >= 15 is 0 Å². The third-order valence-corrected chi connectivity index (χ3v) is 6.25. The second-order valence-electron chi connectivity index (χ2n) is 8.21. The SMILES string of the molecule is O=C(CC1CCCC1)N1CCC(Cn2c(C(F)(F)F)nc3ccccc32)CC1. The zero-order chi connectivity index (χ0) is 19.7. The summed E-state index contributed by atoms with van der Waals surface area (Å²) in [6.45, 7) is 1.58. The van der Waals surface area contributed by atoms with Gasteiger partial charge in [0.05, 0.1) is 11.0 Å². The number of piperidine rings is 1. The molecule has 2 fully saturated rings. The molecule has 1 aromatic carbocycles. The number of amides is 1. The lowest BCUT2D eigenvalue weighted by Crippen LogP contribution is -2.40. The van der Waals surface area contributed by atoms with E-state index in [2.05, 4.69) is 4.98 Å². The molecule has 4 nitrogen and oxygen atoms in total. The molecule has 7 heteroatoms. The number of carbonyl (C=O) groups is 1. The van der Waals surface area contributed by atoms with Crippen molar-refractivity contribution in [2.75, 3.05) is 13.1 Å². The molecule has 1 amide bonds. The van der Waals surface area contributed by atoms with E-state index in [1.165, 1.54) is 17.4 Å². The van der Waals surface area contributed by atoms with Gasteiger partial charge in [-0.15, -0.1) is 0 Å². The van der Waals surface area contributed by atoms with Crippen LogP contribution in [-0.4, -0.2) is 33.4 Å². The van der Waals surface area contributed by atoms with Gasteiger partial charge in [0, 0.05) is 26.1 Å². The fourth-order valence-corrected chi connectivity index (χ4v) is 4.69. The van der Waals surface area contributed by atoms with Gasteiger partial charge in [0.1, 0.15) is 0 Å². The molecule has 1 aliphatic carbocycles. The normalized spacial score (nSPS) is 19.6. The fraction of sp³-hybridized carbons (Fsp3) is 0.619. The summed E-state index contributed by atoms with van der Waals surface area (Å²) in [7, 11) is 0. The van der Waals surface area contributed by atoms with Crippen molar-refractivity contribution in [2.45, 2.75) is 57.7 Å². The van der Waals surface area contributed by atoms with Crippen LogP contribution in [0.4, 0.5) is 13.2 Å². The Morgan fingerprint density at radius 3 is 2.39 bits per heavy atom. The maximum Gasteiger partial charge on any atom is 0.449 e. The maximum absolute atomic E-state index is 13.5. The van der Waals surface area contributed by atoms with E-state index in [1.54, 1.807) is 24.3 Å². The van der Waals surface area contributed by atoms with Gasteiger partial charge in [0.25, 0.3) is 0 Å². The van der Waals surface area contributed by atoms with Crippen LogP contribution >= 0.6 is 0 Å². The number of fused-ring (bicyclic) bond motifs is 1. The molecular weight excluding hydrogens is 367 g/mol. The van der Waals surface area contributed by atoms with Crippen molar-refractivity contribution in [1.82, 2.24) is 14.5 Å². The van der Waals surface area contributed by atoms with Gasteiger partial charge >= 0.3 is 6.18 Å². The topological polar surface area (TPSA) is 38.1 Å². The Morgan fingerprint density at radius 1 is 1.04 bits per heavy atom. The lowest BCUT2D eigenvalue weighted by molar-refractivity contribution is -0.147. The van der Waals surface area contributed by atoms with E-state index in [0.717, 1.165) is 25.7 Å². The Hall–Kier alpha value is -2.05. The summed E-state index contributed by atoms with van der Waals surface area (Å²) in [5.74, 6) is 0.0361. The van der Waals surface area contributed by atoms with Crippen LogP contribution in [-0.2, 0) is 17.5 Å². The number of aromatic nitrogens is 2. The third-order valence-electron chi connectivity index (χ3n) is 6.25. The van der Waals surface area contributed by atoms with E-state index in [9.17, 15) is 18.0 Å². The van der Waals surface area contributed by atoms with Crippen molar-refractivity contribution >= 4 is 16.9 Å². The highest BCUT2D eigenvalue weighted by Gasteiger charge is 2.38. The molecule has 152 valence electrons. The Morgan fingerprint density at radius 2 is 1.71 bits per heavy atom. The Bertz CT molecular complexity index is 831. The van der Waals surface area contributed by atoms with Crippen LogP contribution < -0.4 is 0 Å². The van der Waals surface area contributed by atoms with Crippen LogP contribution in [0.5, 0.6) is 0 Å². The minimum Gasteiger partial charge on any atom is -0.343 e. The standard InChI is InChI=1S/C21H26F3N3O/c22-21(23,24)20-25-17-7-3-4-8-18(17)27(20)14-16-9-11-26(12-10-16)19(28)13-15-5-1-2-6-15/h3-4,7-8,15-16H,1-2,5-6,9-14H2. The number of rotatable bonds is 4. The zero-order valence-corrected chi connectivity index (χ0v) is 15.9. The van der Waals surface area contributed by atoms with Gasteiger partial charge in [0.2, 0.25) is 11.7 Å². The lowest BCUT2D eigenvalue weighted by atomic mass is 9.95. The number of para-hydroxylation sites is 2. The molecule has 1 saturated heterocycles. The van der Waals surface area contributed by atoms with Crippen molar-refractivity contribution in [3.05, 3.63) is 30.1 Å². The maximum atomic E-state index is 13.5. The third kappa shape index (κ3) is 4.03. The number of hydrogen-bond acceptors (Lipinski definition) is 2. The summed E-state index contributed by atoms with van der Waals surface area (Å²) >= 11 is 0. The molecule has 1 aromatic heterocycles. The smallest absolute Gasteiger partial charge is 0.343 e. The number of likely N-dealkylation sites (tertiary alicyclic amines) is 1. The predicted molar refractivity (Wildman–Crippen MR) is 101 cm³/mol. The molecule has 2 aromatic rings. The van der Waals surface area contributed by atoms with Crippen molar-refractivity contribution in [3.63, 3.8) is 0 Å². The van der Waals surface area contributed by atoms with Gasteiger partial charge in [-0.05, 0) is 49.7 Å².